The van der Waals surface area contributed by atoms with Crippen molar-refractivity contribution in [3.8, 4) is 5.75 Å². The maximum Gasteiger partial charge on any atom is 0.260 e. The number of carbonyl (C=O) groups is 1. The van der Waals surface area contributed by atoms with Crippen LogP contribution in [-0.2, 0) is 9.53 Å². The quantitative estimate of drug-likeness (QED) is 0.778. The Balaban J connectivity index is 1.65. The number of benzene rings is 1. The fourth-order valence-electron chi connectivity index (χ4n) is 2.27. The maximum atomic E-state index is 12.0. The smallest absolute Gasteiger partial charge is 0.260 e. The van der Waals surface area contributed by atoms with Gasteiger partial charge < -0.3 is 14.8 Å². The zero-order valence-electron chi connectivity index (χ0n) is 12.9. The molecule has 1 saturated heterocycles. The van der Waals surface area contributed by atoms with Crippen molar-refractivity contribution in [2.45, 2.75) is 19.4 Å². The fraction of sp³-hybridized carbons (Fsp3) is 0.562. The highest BCUT2D eigenvalue weighted by Gasteiger charge is 2.15. The first kappa shape index (κ1) is 17.1. The molecule has 0 aliphatic carbocycles. The van der Waals surface area contributed by atoms with Gasteiger partial charge in [-0.3, -0.25) is 9.69 Å². The van der Waals surface area contributed by atoms with E-state index < -0.39 is 6.10 Å². The monoisotopic (exact) mass is 326 g/mol. The van der Waals surface area contributed by atoms with E-state index in [1.54, 1.807) is 19.1 Å². The molecule has 1 unspecified atom stereocenters. The second kappa shape index (κ2) is 8.98. The number of nitrogens with one attached hydrogen (secondary N) is 1. The van der Waals surface area contributed by atoms with Crippen LogP contribution in [0.2, 0.25) is 5.02 Å². The molecular formula is C16H23ClN2O3. The molecule has 0 spiro atoms. The van der Waals surface area contributed by atoms with Crippen LogP contribution >= 0.6 is 11.6 Å². The van der Waals surface area contributed by atoms with Gasteiger partial charge >= 0.3 is 0 Å². The molecule has 1 aromatic rings. The predicted octanol–water partition coefficient (Wildman–Crippen LogP) is 1.95. The molecule has 2 rings (SSSR count). The van der Waals surface area contributed by atoms with Crippen LogP contribution in [-0.4, -0.2) is 56.3 Å². The van der Waals surface area contributed by atoms with Crippen LogP contribution in [0, 0.1) is 0 Å². The van der Waals surface area contributed by atoms with Crippen LogP contribution in [0.3, 0.4) is 0 Å². The summed E-state index contributed by atoms with van der Waals surface area (Å²) in [7, 11) is 0. The number of hydrogen-bond acceptors (Lipinski definition) is 4. The molecule has 1 aliphatic rings. The third kappa shape index (κ3) is 5.48. The molecule has 5 nitrogen and oxygen atoms in total. The number of rotatable bonds is 7. The average Bonchev–Trinajstić information content (AvgIpc) is 2.54. The van der Waals surface area contributed by atoms with Gasteiger partial charge in [-0.25, -0.2) is 0 Å². The SMILES string of the molecule is CC(Oc1ccccc1Cl)C(=O)NCCCN1CCOCC1. The molecule has 0 saturated carbocycles. The highest BCUT2D eigenvalue weighted by atomic mass is 35.5. The number of nitrogens with zero attached hydrogens (tertiary/aromatic N) is 1. The van der Waals surface area contributed by atoms with Crippen LogP contribution in [0.15, 0.2) is 24.3 Å². The van der Waals surface area contributed by atoms with E-state index in [4.69, 9.17) is 21.1 Å². The van der Waals surface area contributed by atoms with E-state index in [1.165, 1.54) is 0 Å². The Hall–Kier alpha value is -1.30. The molecule has 6 heteroatoms. The van der Waals surface area contributed by atoms with Crippen LogP contribution < -0.4 is 10.1 Å². The summed E-state index contributed by atoms with van der Waals surface area (Å²) >= 11 is 6.01. The number of amides is 1. The Labute approximate surface area is 136 Å². The lowest BCUT2D eigenvalue weighted by Crippen LogP contribution is -2.40. The Kier molecular flexibility index (Phi) is 6.96. The van der Waals surface area contributed by atoms with Crippen LogP contribution in [0.5, 0.6) is 5.75 Å². The first-order valence-corrected chi connectivity index (χ1v) is 8.03. The Bertz CT molecular complexity index is 478. The van der Waals surface area contributed by atoms with Crippen LogP contribution in [0.25, 0.3) is 0 Å². The molecule has 0 bridgehead atoms. The lowest BCUT2D eigenvalue weighted by atomic mass is 10.3. The number of halogens is 1. The van der Waals surface area contributed by atoms with Gasteiger partial charge in [0.15, 0.2) is 6.10 Å². The molecule has 1 heterocycles. The minimum Gasteiger partial charge on any atom is -0.479 e. The molecule has 122 valence electrons. The second-order valence-corrected chi connectivity index (χ2v) is 5.70. The van der Waals surface area contributed by atoms with Crippen molar-refractivity contribution in [2.24, 2.45) is 0 Å². The van der Waals surface area contributed by atoms with E-state index in [0.717, 1.165) is 39.3 Å². The third-order valence-corrected chi connectivity index (χ3v) is 3.88. The molecule has 22 heavy (non-hydrogen) atoms. The van der Waals surface area contributed by atoms with Gasteiger partial charge in [0, 0.05) is 19.6 Å². The van der Waals surface area contributed by atoms with E-state index in [-0.39, 0.29) is 5.91 Å². The molecule has 1 amide bonds. The summed E-state index contributed by atoms with van der Waals surface area (Å²) < 4.78 is 10.9. The van der Waals surface area contributed by atoms with Crippen molar-refractivity contribution < 1.29 is 14.3 Å². The summed E-state index contributed by atoms with van der Waals surface area (Å²) in [5.41, 5.74) is 0. The van der Waals surface area contributed by atoms with Gasteiger partial charge in [-0.1, -0.05) is 23.7 Å². The zero-order chi connectivity index (χ0) is 15.8. The van der Waals surface area contributed by atoms with Gasteiger partial charge in [0.05, 0.1) is 18.2 Å². The minimum atomic E-state index is -0.566. The largest absolute Gasteiger partial charge is 0.479 e. The normalized spacial score (nSPS) is 17.0. The summed E-state index contributed by atoms with van der Waals surface area (Å²) in [4.78, 5) is 14.3. The average molecular weight is 327 g/mol. The van der Waals surface area contributed by atoms with Crippen molar-refractivity contribution in [1.82, 2.24) is 10.2 Å². The summed E-state index contributed by atoms with van der Waals surface area (Å²) in [6.45, 7) is 6.89. The summed E-state index contributed by atoms with van der Waals surface area (Å²) in [6.07, 6.45) is 0.355. The minimum absolute atomic E-state index is 0.123. The Morgan fingerprint density at radius 1 is 1.41 bits per heavy atom. The Morgan fingerprint density at radius 3 is 2.86 bits per heavy atom. The zero-order valence-corrected chi connectivity index (χ0v) is 13.6. The number of carbonyl (C=O) groups excluding carboxylic acids is 1. The molecule has 1 N–H and O–H groups in total. The lowest BCUT2D eigenvalue weighted by Gasteiger charge is -2.26. The highest BCUT2D eigenvalue weighted by molar-refractivity contribution is 6.32. The van der Waals surface area contributed by atoms with Gasteiger partial charge in [-0.15, -0.1) is 0 Å². The van der Waals surface area contributed by atoms with E-state index >= 15 is 0 Å². The molecule has 0 aromatic heterocycles. The van der Waals surface area contributed by atoms with Gasteiger partial charge in [0.1, 0.15) is 5.75 Å². The molecule has 1 fully saturated rings. The van der Waals surface area contributed by atoms with Crippen molar-refractivity contribution in [1.29, 1.82) is 0 Å². The second-order valence-electron chi connectivity index (χ2n) is 5.29. The first-order valence-electron chi connectivity index (χ1n) is 7.66. The van der Waals surface area contributed by atoms with Crippen molar-refractivity contribution in [3.63, 3.8) is 0 Å². The standard InChI is InChI=1S/C16H23ClN2O3/c1-13(22-15-6-3-2-5-14(15)17)16(20)18-7-4-8-19-9-11-21-12-10-19/h2-3,5-6,13H,4,7-12H2,1H3,(H,18,20). The topological polar surface area (TPSA) is 50.8 Å². The van der Waals surface area contributed by atoms with E-state index in [1.807, 2.05) is 12.1 Å². The van der Waals surface area contributed by atoms with E-state index in [2.05, 4.69) is 10.2 Å². The third-order valence-electron chi connectivity index (χ3n) is 3.56. The van der Waals surface area contributed by atoms with Gasteiger partial charge in [0.2, 0.25) is 0 Å². The van der Waals surface area contributed by atoms with E-state index in [9.17, 15) is 4.79 Å². The van der Waals surface area contributed by atoms with Crippen LogP contribution in [0.1, 0.15) is 13.3 Å². The molecule has 1 aromatic carbocycles. The molecule has 1 atom stereocenters. The first-order chi connectivity index (χ1) is 10.7. The molecule has 1 aliphatic heterocycles. The number of ether oxygens (including phenoxy) is 2. The Morgan fingerprint density at radius 2 is 2.14 bits per heavy atom. The summed E-state index contributed by atoms with van der Waals surface area (Å²) in [5.74, 6) is 0.405. The molecular weight excluding hydrogens is 304 g/mol. The highest BCUT2D eigenvalue weighted by Crippen LogP contribution is 2.24. The van der Waals surface area contributed by atoms with E-state index in [0.29, 0.717) is 17.3 Å². The van der Waals surface area contributed by atoms with Crippen LogP contribution in [0.4, 0.5) is 0 Å². The maximum absolute atomic E-state index is 12.0. The molecule has 0 radical (unpaired) electrons. The van der Waals surface area contributed by atoms with Gasteiger partial charge in [0.25, 0.3) is 5.91 Å². The lowest BCUT2D eigenvalue weighted by molar-refractivity contribution is -0.127. The fourth-order valence-corrected chi connectivity index (χ4v) is 2.45. The number of morpholine rings is 1. The summed E-state index contributed by atoms with van der Waals surface area (Å²) in [6, 6.07) is 7.15. The summed E-state index contributed by atoms with van der Waals surface area (Å²) in [5, 5.41) is 3.41. The van der Waals surface area contributed by atoms with Crippen molar-refractivity contribution in [2.75, 3.05) is 39.4 Å². The predicted molar refractivity (Wildman–Crippen MR) is 86.4 cm³/mol. The number of para-hydroxylation sites is 1. The number of hydrogen-bond donors (Lipinski definition) is 1. The van der Waals surface area contributed by atoms with Crippen molar-refractivity contribution in [3.05, 3.63) is 29.3 Å². The van der Waals surface area contributed by atoms with Crippen molar-refractivity contribution >= 4 is 17.5 Å². The van der Waals surface area contributed by atoms with Gasteiger partial charge in [-0.2, -0.15) is 0 Å². The van der Waals surface area contributed by atoms with Gasteiger partial charge in [-0.05, 0) is 32.0 Å².